The molecule has 2 saturated heterocycles. The Morgan fingerprint density at radius 3 is 2.35 bits per heavy atom. The summed E-state index contributed by atoms with van der Waals surface area (Å²) >= 11 is 0. The van der Waals surface area contributed by atoms with E-state index in [9.17, 15) is 14.4 Å². The molecule has 0 bridgehead atoms. The first-order valence-electron chi connectivity index (χ1n) is 19.2. The highest BCUT2D eigenvalue weighted by Crippen LogP contribution is 2.39. The van der Waals surface area contributed by atoms with Crippen LogP contribution < -0.4 is 25.7 Å². The zero-order chi connectivity index (χ0) is 38.1. The van der Waals surface area contributed by atoms with Crippen LogP contribution >= 0.6 is 0 Å². The highest BCUT2D eigenvalue weighted by atomic mass is 16.5. The van der Waals surface area contributed by atoms with Crippen LogP contribution in [0.1, 0.15) is 59.4 Å². The Bertz CT molecular complexity index is 2270. The second kappa shape index (κ2) is 15.7. The fourth-order valence-corrected chi connectivity index (χ4v) is 8.64. The van der Waals surface area contributed by atoms with Gasteiger partial charge in [0.05, 0.1) is 25.2 Å². The van der Waals surface area contributed by atoms with Crippen LogP contribution in [0, 0.1) is 0 Å². The van der Waals surface area contributed by atoms with E-state index in [2.05, 4.69) is 67.9 Å². The topological polar surface area (TPSA) is 118 Å². The summed E-state index contributed by atoms with van der Waals surface area (Å²) in [5.41, 5.74) is 9.29. The van der Waals surface area contributed by atoms with Gasteiger partial charge in [0.15, 0.2) is 0 Å². The third-order valence-corrected chi connectivity index (χ3v) is 11.7. The van der Waals surface area contributed by atoms with Crippen molar-refractivity contribution in [1.82, 2.24) is 24.7 Å². The van der Waals surface area contributed by atoms with Crippen LogP contribution in [-0.2, 0) is 42.7 Å². The molecule has 11 nitrogen and oxygen atoms in total. The van der Waals surface area contributed by atoms with Crippen LogP contribution in [0.25, 0.3) is 21.9 Å². The molecule has 0 saturated carbocycles. The molecule has 2 fully saturated rings. The number of imide groups is 1. The highest BCUT2D eigenvalue weighted by Gasteiger charge is 2.28. The average Bonchev–Trinajstić information content (AvgIpc) is 3.21. The van der Waals surface area contributed by atoms with Gasteiger partial charge in [0.1, 0.15) is 17.5 Å². The number of fused-ring (bicyclic) bond motifs is 2. The number of anilines is 1. The van der Waals surface area contributed by atoms with Gasteiger partial charge in [-0.15, -0.1) is 0 Å². The van der Waals surface area contributed by atoms with E-state index in [1.807, 2.05) is 24.4 Å². The van der Waals surface area contributed by atoms with Crippen molar-refractivity contribution in [3.63, 3.8) is 0 Å². The molecule has 0 aliphatic carbocycles. The molecule has 2 N–H and O–H groups in total. The van der Waals surface area contributed by atoms with Gasteiger partial charge in [0.2, 0.25) is 11.8 Å². The maximum Gasteiger partial charge on any atom is 0.259 e. The van der Waals surface area contributed by atoms with Crippen molar-refractivity contribution in [3.05, 3.63) is 117 Å². The molecule has 5 aromatic rings. The fraction of sp³-hybridized carbons (Fsp3) is 0.364. The minimum Gasteiger partial charge on any atom is -0.496 e. The lowest BCUT2D eigenvalue weighted by Crippen LogP contribution is -2.47. The van der Waals surface area contributed by atoms with Crippen LogP contribution in [0.3, 0.4) is 0 Å². The summed E-state index contributed by atoms with van der Waals surface area (Å²) in [6.07, 6.45) is 9.30. The van der Waals surface area contributed by atoms with E-state index in [0.29, 0.717) is 30.7 Å². The SMILES string of the molecule is COc1cc(-c2cn(C)c(=O)c3cnccc23)cc(OC)c1CN1CCc2c(CN3CCC(c4ccc(NC5CCC(=O)NC5=O)cc4)CC3)cccc2C1. The lowest BCUT2D eigenvalue weighted by molar-refractivity contribution is -0.133. The number of hydrogen-bond donors (Lipinski definition) is 2. The van der Waals surface area contributed by atoms with Crippen LogP contribution in [0.2, 0.25) is 0 Å². The molecule has 3 aliphatic heterocycles. The van der Waals surface area contributed by atoms with Crippen molar-refractivity contribution in [1.29, 1.82) is 0 Å². The van der Waals surface area contributed by atoms with Crippen LogP contribution in [0.5, 0.6) is 11.5 Å². The van der Waals surface area contributed by atoms with E-state index >= 15 is 0 Å². The van der Waals surface area contributed by atoms with Crippen molar-refractivity contribution in [2.75, 3.05) is 39.2 Å². The summed E-state index contributed by atoms with van der Waals surface area (Å²) in [6, 6.07) is 20.9. The second-order valence-electron chi connectivity index (χ2n) is 15.1. The van der Waals surface area contributed by atoms with Gasteiger partial charge in [0.25, 0.3) is 5.56 Å². The Hall–Kier alpha value is -5.52. The summed E-state index contributed by atoms with van der Waals surface area (Å²) in [4.78, 5) is 45.7. The van der Waals surface area contributed by atoms with E-state index in [-0.39, 0.29) is 23.4 Å². The Kier molecular flexibility index (Phi) is 10.4. The highest BCUT2D eigenvalue weighted by molar-refractivity contribution is 6.01. The lowest BCUT2D eigenvalue weighted by Gasteiger charge is -2.35. The number of piperidine rings is 2. The predicted molar refractivity (Wildman–Crippen MR) is 213 cm³/mol. The first-order chi connectivity index (χ1) is 26.8. The van der Waals surface area contributed by atoms with Gasteiger partial charge in [-0.2, -0.15) is 0 Å². The van der Waals surface area contributed by atoms with Crippen molar-refractivity contribution >= 4 is 28.3 Å². The van der Waals surface area contributed by atoms with E-state index in [1.165, 1.54) is 22.3 Å². The molecule has 284 valence electrons. The molecule has 0 radical (unpaired) electrons. The molecule has 3 aliphatic rings. The summed E-state index contributed by atoms with van der Waals surface area (Å²) in [5, 5.41) is 7.12. The number of aromatic nitrogens is 2. The number of ether oxygens (including phenoxy) is 2. The monoisotopic (exact) mass is 740 g/mol. The fourth-order valence-electron chi connectivity index (χ4n) is 8.64. The van der Waals surface area contributed by atoms with E-state index in [0.717, 1.165) is 91.2 Å². The zero-order valence-electron chi connectivity index (χ0n) is 31.8. The largest absolute Gasteiger partial charge is 0.496 e. The van der Waals surface area contributed by atoms with Crippen LogP contribution in [0.15, 0.2) is 84.0 Å². The molecule has 0 spiro atoms. The molecule has 11 heteroatoms. The van der Waals surface area contributed by atoms with Gasteiger partial charge in [-0.25, -0.2) is 0 Å². The average molecular weight is 741 g/mol. The zero-order valence-corrected chi connectivity index (χ0v) is 31.8. The van der Waals surface area contributed by atoms with Crippen molar-refractivity contribution < 1.29 is 19.1 Å². The number of pyridine rings is 2. The van der Waals surface area contributed by atoms with Crippen molar-refractivity contribution in [2.45, 2.75) is 63.7 Å². The Balaban J connectivity index is 0.907. The number of methoxy groups -OCH3 is 2. The first-order valence-corrected chi connectivity index (χ1v) is 19.2. The number of amides is 2. The summed E-state index contributed by atoms with van der Waals surface area (Å²) in [7, 11) is 5.16. The molecule has 55 heavy (non-hydrogen) atoms. The second-order valence-corrected chi connectivity index (χ2v) is 15.1. The number of nitrogens with one attached hydrogen (secondary N) is 2. The van der Waals surface area contributed by atoms with Crippen molar-refractivity contribution in [2.24, 2.45) is 7.05 Å². The predicted octanol–water partition coefficient (Wildman–Crippen LogP) is 5.77. The molecule has 5 heterocycles. The van der Waals surface area contributed by atoms with Gasteiger partial charge in [-0.1, -0.05) is 30.3 Å². The number of aryl methyl sites for hydroxylation is 1. The normalized spacial score (nSPS) is 18.2. The molecule has 8 rings (SSSR count). The summed E-state index contributed by atoms with van der Waals surface area (Å²) in [6.45, 7) is 5.55. The summed E-state index contributed by atoms with van der Waals surface area (Å²) < 4.78 is 13.6. The maximum atomic E-state index is 12.8. The summed E-state index contributed by atoms with van der Waals surface area (Å²) in [5.74, 6) is 1.58. The number of likely N-dealkylation sites (tertiary alicyclic amines) is 1. The molecule has 2 amide bonds. The third-order valence-electron chi connectivity index (χ3n) is 11.7. The smallest absolute Gasteiger partial charge is 0.259 e. The maximum absolute atomic E-state index is 12.8. The van der Waals surface area contributed by atoms with E-state index < -0.39 is 0 Å². The minimum absolute atomic E-state index is 0.0808. The molecule has 1 unspecified atom stereocenters. The number of hydrogen-bond acceptors (Lipinski definition) is 9. The Morgan fingerprint density at radius 1 is 0.855 bits per heavy atom. The number of nitrogens with zero attached hydrogens (tertiary/aromatic N) is 4. The number of rotatable bonds is 10. The third kappa shape index (κ3) is 7.59. The van der Waals surface area contributed by atoms with Gasteiger partial charge in [-0.05, 0) is 108 Å². The van der Waals surface area contributed by atoms with Crippen LogP contribution in [-0.4, -0.2) is 71.1 Å². The number of carbonyl (C=O) groups is 2. The quantitative estimate of drug-likeness (QED) is 0.172. The molecular weight excluding hydrogens is 693 g/mol. The standard InChI is InChI=1S/C44H48N6O5/c1-48-26-37(35-13-17-45-23-36(35)44(48)53)32-21-40(54-2)38(41(22-32)55-3)27-50-20-16-34-30(5-4-6-31(34)25-50)24-49-18-14-29(15-19-49)28-7-9-33(10-8-28)46-39-11-12-42(51)47-43(39)52/h4-10,13,17,21-23,26,29,39,46H,11-12,14-16,18-20,24-25,27H2,1-3H3,(H,47,51,52). The van der Waals surface area contributed by atoms with Gasteiger partial charge < -0.3 is 19.4 Å². The number of carbonyl (C=O) groups excluding carboxylic acids is 2. The lowest BCUT2D eigenvalue weighted by atomic mass is 9.88. The molecule has 3 aromatic carbocycles. The molecular formula is C44H48N6O5. The Morgan fingerprint density at radius 2 is 1.62 bits per heavy atom. The molecule has 1 atom stereocenters. The van der Waals surface area contributed by atoms with E-state index in [1.54, 1.807) is 38.2 Å². The molecule has 2 aromatic heterocycles. The van der Waals surface area contributed by atoms with Gasteiger partial charge in [0, 0.05) is 69.5 Å². The van der Waals surface area contributed by atoms with Crippen LogP contribution in [0.4, 0.5) is 5.69 Å². The van der Waals surface area contributed by atoms with Gasteiger partial charge in [-0.3, -0.25) is 34.5 Å². The van der Waals surface area contributed by atoms with Gasteiger partial charge >= 0.3 is 0 Å². The Labute approximate surface area is 321 Å². The van der Waals surface area contributed by atoms with E-state index in [4.69, 9.17) is 9.47 Å². The number of benzene rings is 3. The minimum atomic E-state index is -0.372. The first kappa shape index (κ1) is 36.5. The van der Waals surface area contributed by atoms with Crippen molar-refractivity contribution in [3.8, 4) is 22.6 Å².